The maximum atomic E-state index is 4.81. The molecule has 0 aliphatic heterocycles. The van der Waals surface area contributed by atoms with E-state index in [0.29, 0.717) is 5.25 Å². The minimum Gasteiger partial charge on any atom is -0.103 e. The van der Waals surface area contributed by atoms with E-state index < -0.39 is 0 Å². The molecule has 0 aromatic rings. The van der Waals surface area contributed by atoms with Gasteiger partial charge >= 0.3 is 0 Å². The fraction of sp³-hybridized carbons (Fsp3) is 0.600. The molecule has 1 unspecified atom stereocenters. The Labute approximate surface area is 44.7 Å². The number of rotatable bonds is 2. The minimum atomic E-state index is 0.363. The summed E-state index contributed by atoms with van der Waals surface area (Å²) in [7, 11) is 0. The highest BCUT2D eigenvalue weighted by atomic mass is 32.1. The molecule has 6 heavy (non-hydrogen) atoms. The second-order valence-electron chi connectivity index (χ2n) is 1.33. The Morgan fingerprint density at radius 2 is 2.50 bits per heavy atom. The monoisotopic (exact) mass is 101 g/mol. The second-order valence-corrected chi connectivity index (χ2v) is 2.14. The van der Waals surface area contributed by atoms with Crippen LogP contribution in [-0.4, -0.2) is 5.25 Å². The van der Waals surface area contributed by atoms with E-state index in [4.69, 9.17) is 12.6 Å². The van der Waals surface area contributed by atoms with Crippen LogP contribution in [0.2, 0.25) is 0 Å². The number of hydrogen-bond donors (Lipinski definition) is 0. The van der Waals surface area contributed by atoms with Gasteiger partial charge < -0.3 is 0 Å². The van der Waals surface area contributed by atoms with Crippen molar-refractivity contribution in [2.75, 3.05) is 0 Å². The highest BCUT2D eigenvalue weighted by Gasteiger charge is 1.85. The van der Waals surface area contributed by atoms with E-state index in [1.165, 1.54) is 0 Å². The lowest BCUT2D eigenvalue weighted by atomic mass is 10.3. The molecule has 0 saturated carbocycles. The van der Waals surface area contributed by atoms with Crippen LogP contribution in [0.15, 0.2) is 12.7 Å². The van der Waals surface area contributed by atoms with Gasteiger partial charge in [-0.15, -0.1) is 6.58 Å². The summed E-state index contributed by atoms with van der Waals surface area (Å²) in [6, 6.07) is 0. The molecule has 0 aromatic heterocycles. The summed E-state index contributed by atoms with van der Waals surface area (Å²) in [5.41, 5.74) is 0. The molecule has 1 heteroatoms. The van der Waals surface area contributed by atoms with Crippen molar-refractivity contribution in [1.29, 1.82) is 0 Å². The van der Waals surface area contributed by atoms with Gasteiger partial charge in [-0.05, 0) is 6.42 Å². The van der Waals surface area contributed by atoms with Crippen LogP contribution in [0.3, 0.4) is 0 Å². The Balaban J connectivity index is 2.81. The molecule has 0 N–H and O–H groups in total. The molecule has 0 aliphatic carbocycles. The first-order chi connectivity index (χ1) is 2.77. The van der Waals surface area contributed by atoms with Crippen molar-refractivity contribution in [2.24, 2.45) is 0 Å². The lowest BCUT2D eigenvalue weighted by Crippen LogP contribution is -1.83. The number of hydrogen-bond acceptors (Lipinski definition) is 0. The maximum Gasteiger partial charge on any atom is 0.0157 e. The van der Waals surface area contributed by atoms with E-state index in [0.717, 1.165) is 6.42 Å². The fourth-order valence-corrected chi connectivity index (χ4v) is 0.371. The predicted molar refractivity (Wildman–Crippen MR) is 31.9 cm³/mol. The summed E-state index contributed by atoms with van der Waals surface area (Å²) in [6.07, 6.45) is 2.80. The lowest BCUT2D eigenvalue weighted by Gasteiger charge is -1.90. The molecule has 0 bridgehead atoms. The summed E-state index contributed by atoms with van der Waals surface area (Å²) in [5.74, 6) is 0. The third-order valence-corrected chi connectivity index (χ3v) is 0.691. The number of allylic oxidation sites excluding steroid dienone is 1. The van der Waals surface area contributed by atoms with E-state index in [1.807, 2.05) is 13.0 Å². The molecule has 35 valence electrons. The minimum absolute atomic E-state index is 0.363. The zero-order chi connectivity index (χ0) is 4.99. The molecule has 0 amide bonds. The largest absolute Gasteiger partial charge is 0.103 e. The second kappa shape index (κ2) is 3.29. The Kier molecular flexibility index (Phi) is 3.34. The lowest BCUT2D eigenvalue weighted by molar-refractivity contribution is 0.993. The fourth-order valence-electron chi connectivity index (χ4n) is 0.235. The van der Waals surface area contributed by atoms with Crippen LogP contribution >= 0.6 is 12.6 Å². The predicted octanol–water partition coefficient (Wildman–Crippen LogP) is 2.15. The average Bonchev–Trinajstić information content (AvgIpc) is 1.35. The highest BCUT2D eigenvalue weighted by Crippen LogP contribution is 1.97. The first kappa shape index (κ1) is 6.09. The maximum absolute atomic E-state index is 4.81. The quantitative estimate of drug-likeness (QED) is 0.467. The summed E-state index contributed by atoms with van der Waals surface area (Å²) in [4.78, 5) is 0. The molecule has 0 saturated heterocycles. The summed E-state index contributed by atoms with van der Waals surface area (Å²) < 4.78 is 0. The SMILES string of the molecule is C=CCC(C)[S]. The zero-order valence-electron chi connectivity index (χ0n) is 3.98. The smallest absolute Gasteiger partial charge is 0.0157 e. The van der Waals surface area contributed by atoms with Crippen LogP contribution in [0.25, 0.3) is 0 Å². The Hall–Kier alpha value is 0.0900. The molecule has 0 fully saturated rings. The van der Waals surface area contributed by atoms with Gasteiger partial charge in [-0.3, -0.25) is 0 Å². The first-order valence-corrected chi connectivity index (χ1v) is 2.51. The summed E-state index contributed by atoms with van der Waals surface area (Å²) in [5, 5.41) is 0.363. The van der Waals surface area contributed by atoms with Gasteiger partial charge in [0.1, 0.15) is 0 Å². The van der Waals surface area contributed by atoms with Gasteiger partial charge in [-0.1, -0.05) is 25.6 Å². The third kappa shape index (κ3) is 4.09. The summed E-state index contributed by atoms with van der Waals surface area (Å²) in [6.45, 7) is 5.53. The Morgan fingerprint density at radius 3 is 2.50 bits per heavy atom. The van der Waals surface area contributed by atoms with E-state index >= 15 is 0 Å². The molecule has 0 aromatic carbocycles. The van der Waals surface area contributed by atoms with E-state index in [9.17, 15) is 0 Å². The zero-order valence-corrected chi connectivity index (χ0v) is 4.79. The molecule has 1 atom stereocenters. The van der Waals surface area contributed by atoms with Crippen LogP contribution in [0.5, 0.6) is 0 Å². The van der Waals surface area contributed by atoms with Crippen LogP contribution < -0.4 is 0 Å². The van der Waals surface area contributed by atoms with Crippen molar-refractivity contribution in [2.45, 2.75) is 18.6 Å². The molecule has 1 radical (unpaired) electrons. The molecule has 0 spiro atoms. The topological polar surface area (TPSA) is 0 Å². The van der Waals surface area contributed by atoms with E-state index in [2.05, 4.69) is 6.58 Å². The van der Waals surface area contributed by atoms with Crippen molar-refractivity contribution in [3.8, 4) is 0 Å². The van der Waals surface area contributed by atoms with E-state index in [-0.39, 0.29) is 0 Å². The molecule has 0 rings (SSSR count). The molecule has 0 aliphatic rings. The third-order valence-electron chi connectivity index (χ3n) is 0.499. The van der Waals surface area contributed by atoms with Gasteiger partial charge in [0, 0.05) is 5.25 Å². The molecular formula is C5H9S. The van der Waals surface area contributed by atoms with E-state index in [1.54, 1.807) is 0 Å². The van der Waals surface area contributed by atoms with Crippen LogP contribution in [-0.2, 0) is 0 Å². The van der Waals surface area contributed by atoms with Gasteiger partial charge in [0.25, 0.3) is 0 Å². The van der Waals surface area contributed by atoms with Crippen molar-refractivity contribution < 1.29 is 0 Å². The Bertz CT molecular complexity index is 39.2. The van der Waals surface area contributed by atoms with Gasteiger partial charge in [0.05, 0.1) is 0 Å². The van der Waals surface area contributed by atoms with Crippen molar-refractivity contribution in [1.82, 2.24) is 0 Å². The van der Waals surface area contributed by atoms with Gasteiger partial charge in [-0.25, -0.2) is 0 Å². The van der Waals surface area contributed by atoms with Crippen LogP contribution in [0.1, 0.15) is 13.3 Å². The van der Waals surface area contributed by atoms with Gasteiger partial charge in [-0.2, -0.15) is 0 Å². The molecule has 0 nitrogen and oxygen atoms in total. The molecule has 0 heterocycles. The van der Waals surface area contributed by atoms with Crippen molar-refractivity contribution in [3.05, 3.63) is 12.7 Å². The standard InChI is InChI=1S/C5H9S/c1-3-4-5(2)6/h3,5H,1,4H2,2H3. The first-order valence-electron chi connectivity index (χ1n) is 2.04. The van der Waals surface area contributed by atoms with Crippen molar-refractivity contribution in [3.63, 3.8) is 0 Å². The summed E-state index contributed by atoms with van der Waals surface area (Å²) >= 11 is 4.81. The van der Waals surface area contributed by atoms with Gasteiger partial charge in [0.15, 0.2) is 0 Å². The van der Waals surface area contributed by atoms with Gasteiger partial charge in [0.2, 0.25) is 0 Å². The average molecular weight is 101 g/mol. The normalized spacial score (nSPS) is 13.7. The highest BCUT2D eigenvalue weighted by molar-refractivity contribution is 7.80. The van der Waals surface area contributed by atoms with Crippen LogP contribution in [0, 0.1) is 0 Å². The van der Waals surface area contributed by atoms with Crippen molar-refractivity contribution >= 4 is 12.6 Å². The molecular weight excluding hydrogens is 92.1 g/mol. The Morgan fingerprint density at radius 1 is 2.00 bits per heavy atom. The van der Waals surface area contributed by atoms with Crippen LogP contribution in [0.4, 0.5) is 0 Å².